The summed E-state index contributed by atoms with van der Waals surface area (Å²) in [6.45, 7) is 3.10. The van der Waals surface area contributed by atoms with Crippen LogP contribution in [-0.4, -0.2) is 23.7 Å². The van der Waals surface area contributed by atoms with Crippen molar-refractivity contribution in [3.8, 4) is 0 Å². The van der Waals surface area contributed by atoms with Gasteiger partial charge in [-0.25, -0.2) is 0 Å². The van der Waals surface area contributed by atoms with Crippen LogP contribution in [0.1, 0.15) is 71.1 Å². The van der Waals surface area contributed by atoms with Crippen LogP contribution in [-0.2, 0) is 0 Å². The van der Waals surface area contributed by atoms with E-state index in [0.29, 0.717) is 0 Å². The average molecular weight is 259 g/mol. The molecule has 0 saturated carbocycles. The average Bonchev–Trinajstić information content (AvgIpc) is 2.31. The van der Waals surface area contributed by atoms with Gasteiger partial charge in [-0.15, -0.1) is 0 Å². The van der Waals surface area contributed by atoms with E-state index in [9.17, 15) is 4.79 Å². The van der Waals surface area contributed by atoms with Crippen molar-refractivity contribution in [2.45, 2.75) is 71.1 Å². The first kappa shape index (κ1) is 16.8. The molecule has 0 saturated heterocycles. The quantitative estimate of drug-likeness (QED) is 0.414. The molecule has 0 rings (SSSR count). The Morgan fingerprint density at radius 1 is 0.882 bits per heavy atom. The predicted octanol–water partition coefficient (Wildman–Crippen LogP) is 4.89. The molecule has 0 radical (unpaired) electrons. The lowest BCUT2D eigenvalue weighted by Crippen LogP contribution is -2.21. The van der Waals surface area contributed by atoms with Gasteiger partial charge in [0.25, 0.3) is 5.24 Å². The lowest BCUT2D eigenvalue weighted by Gasteiger charge is -2.13. The molecule has 0 bridgehead atoms. The van der Waals surface area contributed by atoms with Crippen LogP contribution >= 0.6 is 12.6 Å². The SMILES string of the molecule is CCCCCCCCCCCCN(C)C(=O)S. The first-order valence-electron chi connectivity index (χ1n) is 7.12. The summed E-state index contributed by atoms with van der Waals surface area (Å²) < 4.78 is 0. The molecule has 0 atom stereocenters. The third kappa shape index (κ3) is 12.1. The zero-order chi connectivity index (χ0) is 12.9. The van der Waals surface area contributed by atoms with Gasteiger partial charge in [0.15, 0.2) is 0 Å². The van der Waals surface area contributed by atoms with Gasteiger partial charge >= 0.3 is 0 Å². The van der Waals surface area contributed by atoms with Crippen LogP contribution in [0.4, 0.5) is 4.79 Å². The monoisotopic (exact) mass is 259 g/mol. The van der Waals surface area contributed by atoms with Crippen molar-refractivity contribution in [1.82, 2.24) is 4.90 Å². The van der Waals surface area contributed by atoms with Crippen molar-refractivity contribution in [2.24, 2.45) is 0 Å². The van der Waals surface area contributed by atoms with E-state index in [1.807, 2.05) is 7.05 Å². The summed E-state index contributed by atoms with van der Waals surface area (Å²) in [6.07, 6.45) is 13.3. The van der Waals surface area contributed by atoms with Gasteiger partial charge in [-0.3, -0.25) is 4.79 Å². The van der Waals surface area contributed by atoms with Gasteiger partial charge in [-0.05, 0) is 6.42 Å². The number of unbranched alkanes of at least 4 members (excludes halogenated alkanes) is 9. The minimum Gasteiger partial charge on any atom is -0.337 e. The standard InChI is InChI=1S/C14H29NOS/c1-3-4-5-6-7-8-9-10-11-12-13-15(2)14(16)17/h3-13H2,1-2H3,(H,16,17). The topological polar surface area (TPSA) is 20.3 Å². The number of hydrogen-bond donors (Lipinski definition) is 1. The number of hydrogen-bond acceptors (Lipinski definition) is 1. The highest BCUT2D eigenvalue weighted by Gasteiger charge is 2.01. The molecule has 2 nitrogen and oxygen atoms in total. The minimum atomic E-state index is -0.124. The molecule has 102 valence electrons. The second-order valence-electron chi connectivity index (χ2n) is 4.89. The summed E-state index contributed by atoms with van der Waals surface area (Å²) in [5, 5.41) is -0.124. The van der Waals surface area contributed by atoms with Crippen LogP contribution < -0.4 is 0 Å². The summed E-state index contributed by atoms with van der Waals surface area (Å²) >= 11 is 3.78. The summed E-state index contributed by atoms with van der Waals surface area (Å²) in [5.74, 6) is 0. The van der Waals surface area contributed by atoms with E-state index in [1.165, 1.54) is 57.8 Å². The third-order valence-electron chi connectivity index (χ3n) is 3.17. The third-order valence-corrected chi connectivity index (χ3v) is 3.52. The first-order chi connectivity index (χ1) is 8.18. The molecule has 1 amide bonds. The fourth-order valence-electron chi connectivity index (χ4n) is 1.93. The lowest BCUT2D eigenvalue weighted by atomic mass is 10.1. The number of nitrogens with zero attached hydrogens (tertiary/aromatic N) is 1. The number of carbonyl (C=O) groups excluding carboxylic acids is 1. The highest BCUT2D eigenvalue weighted by Crippen LogP contribution is 2.10. The number of carbonyl (C=O) groups is 1. The van der Waals surface area contributed by atoms with Crippen molar-refractivity contribution in [1.29, 1.82) is 0 Å². The second kappa shape index (κ2) is 12.3. The molecule has 3 heteroatoms. The van der Waals surface area contributed by atoms with Crippen LogP contribution in [0.2, 0.25) is 0 Å². The Labute approximate surface area is 113 Å². The van der Waals surface area contributed by atoms with Crippen LogP contribution in [0.15, 0.2) is 0 Å². The Morgan fingerprint density at radius 2 is 1.29 bits per heavy atom. The number of rotatable bonds is 11. The van der Waals surface area contributed by atoms with E-state index in [0.717, 1.165) is 13.0 Å². The summed E-state index contributed by atoms with van der Waals surface area (Å²) in [4.78, 5) is 12.5. The Hall–Kier alpha value is -0.180. The molecule has 0 aromatic rings. The second-order valence-corrected chi connectivity index (χ2v) is 5.27. The van der Waals surface area contributed by atoms with E-state index >= 15 is 0 Å². The maximum Gasteiger partial charge on any atom is 0.278 e. The number of amides is 1. The fraction of sp³-hybridized carbons (Fsp3) is 0.929. The first-order valence-corrected chi connectivity index (χ1v) is 7.57. The van der Waals surface area contributed by atoms with Gasteiger partial charge in [-0.1, -0.05) is 77.3 Å². The summed E-state index contributed by atoms with van der Waals surface area (Å²) in [6, 6.07) is 0. The smallest absolute Gasteiger partial charge is 0.278 e. The van der Waals surface area contributed by atoms with Gasteiger partial charge < -0.3 is 4.90 Å². The van der Waals surface area contributed by atoms with Gasteiger partial charge in [0, 0.05) is 13.6 Å². The largest absolute Gasteiger partial charge is 0.337 e. The van der Waals surface area contributed by atoms with Gasteiger partial charge in [-0.2, -0.15) is 0 Å². The summed E-state index contributed by atoms with van der Waals surface area (Å²) in [5.41, 5.74) is 0. The van der Waals surface area contributed by atoms with Crippen molar-refractivity contribution < 1.29 is 4.79 Å². The van der Waals surface area contributed by atoms with E-state index in [2.05, 4.69) is 19.6 Å². The van der Waals surface area contributed by atoms with Crippen LogP contribution in [0.3, 0.4) is 0 Å². The van der Waals surface area contributed by atoms with Crippen molar-refractivity contribution in [3.63, 3.8) is 0 Å². The molecule has 0 fully saturated rings. The van der Waals surface area contributed by atoms with Crippen molar-refractivity contribution >= 4 is 17.9 Å². The van der Waals surface area contributed by atoms with Gasteiger partial charge in [0.2, 0.25) is 0 Å². The van der Waals surface area contributed by atoms with Gasteiger partial charge in [0.05, 0.1) is 0 Å². The Balaban J connectivity index is 3.06. The van der Waals surface area contributed by atoms with E-state index in [-0.39, 0.29) is 5.24 Å². The van der Waals surface area contributed by atoms with Crippen molar-refractivity contribution in [3.05, 3.63) is 0 Å². The normalized spacial score (nSPS) is 10.5. The molecule has 0 aromatic heterocycles. The van der Waals surface area contributed by atoms with Crippen molar-refractivity contribution in [2.75, 3.05) is 13.6 Å². The fourth-order valence-corrected chi connectivity index (χ4v) is 2.03. The molecule has 0 aliphatic heterocycles. The number of thiol groups is 1. The lowest BCUT2D eigenvalue weighted by molar-refractivity contribution is 0.233. The van der Waals surface area contributed by atoms with Crippen LogP contribution in [0.5, 0.6) is 0 Å². The molecule has 0 spiro atoms. The van der Waals surface area contributed by atoms with E-state index in [4.69, 9.17) is 0 Å². The van der Waals surface area contributed by atoms with Crippen LogP contribution in [0.25, 0.3) is 0 Å². The maximum absolute atomic E-state index is 10.8. The molecular weight excluding hydrogens is 230 g/mol. The zero-order valence-corrected chi connectivity index (χ0v) is 12.5. The Kier molecular flexibility index (Phi) is 12.2. The highest BCUT2D eigenvalue weighted by atomic mass is 32.1. The van der Waals surface area contributed by atoms with E-state index in [1.54, 1.807) is 4.90 Å². The highest BCUT2D eigenvalue weighted by molar-refractivity contribution is 7.96. The van der Waals surface area contributed by atoms with E-state index < -0.39 is 0 Å². The maximum atomic E-state index is 10.8. The Bertz CT molecular complexity index is 185. The molecule has 0 aromatic carbocycles. The molecular formula is C14H29NOS. The molecule has 17 heavy (non-hydrogen) atoms. The minimum absolute atomic E-state index is 0.124. The molecule has 0 aliphatic rings. The Morgan fingerprint density at radius 3 is 1.71 bits per heavy atom. The molecule has 0 heterocycles. The summed E-state index contributed by atoms with van der Waals surface area (Å²) in [7, 11) is 1.81. The molecule has 0 N–H and O–H groups in total. The van der Waals surface area contributed by atoms with Crippen LogP contribution in [0, 0.1) is 0 Å². The zero-order valence-electron chi connectivity index (χ0n) is 11.6. The van der Waals surface area contributed by atoms with Gasteiger partial charge in [0.1, 0.15) is 0 Å². The molecule has 0 aliphatic carbocycles. The molecule has 0 unspecified atom stereocenters. The predicted molar refractivity (Wildman–Crippen MR) is 78.9 cm³/mol.